The molecule has 0 heterocycles. The molecule has 1 atom stereocenters. The average Bonchev–Trinajstić information content (AvgIpc) is 2.40. The number of rotatable bonds is 5. The van der Waals surface area contributed by atoms with Gasteiger partial charge in [-0.3, -0.25) is 4.79 Å². The van der Waals surface area contributed by atoms with Gasteiger partial charge in [0, 0.05) is 21.4 Å². The lowest BCUT2D eigenvalue weighted by molar-refractivity contribution is -0.119. The highest BCUT2D eigenvalue weighted by molar-refractivity contribution is 9.11. The zero-order valence-electron chi connectivity index (χ0n) is 11.4. The lowest BCUT2D eigenvalue weighted by Crippen LogP contribution is -2.29. The van der Waals surface area contributed by atoms with Crippen molar-refractivity contribution in [3.63, 3.8) is 0 Å². The quantitative estimate of drug-likeness (QED) is 0.736. The summed E-state index contributed by atoms with van der Waals surface area (Å²) in [6.45, 7) is 2.35. The molecule has 1 amide bonds. The minimum Gasteiger partial charge on any atom is -0.465 e. The summed E-state index contributed by atoms with van der Waals surface area (Å²) in [7, 11) is 3.07. The standard InChI is InChI=1S/C13H16Br2N2O3/c1-7(6-16-2)12(18)17-11-9(13(19)20-3)4-8(14)5-10(11)15/h4-5,7,16H,6H2,1-3H3,(H,17,18). The Morgan fingerprint density at radius 1 is 1.35 bits per heavy atom. The first kappa shape index (κ1) is 17.1. The Morgan fingerprint density at radius 3 is 2.55 bits per heavy atom. The van der Waals surface area contributed by atoms with E-state index in [2.05, 4.69) is 42.5 Å². The van der Waals surface area contributed by atoms with Crippen molar-refractivity contribution in [2.24, 2.45) is 5.92 Å². The van der Waals surface area contributed by atoms with Crippen molar-refractivity contribution in [2.45, 2.75) is 6.92 Å². The highest BCUT2D eigenvalue weighted by Gasteiger charge is 2.20. The number of halogens is 2. The van der Waals surface area contributed by atoms with Gasteiger partial charge in [0.2, 0.25) is 5.91 Å². The van der Waals surface area contributed by atoms with Gasteiger partial charge in [0.25, 0.3) is 0 Å². The summed E-state index contributed by atoms with van der Waals surface area (Å²) in [6.07, 6.45) is 0. The van der Waals surface area contributed by atoms with Gasteiger partial charge in [-0.1, -0.05) is 22.9 Å². The van der Waals surface area contributed by atoms with Gasteiger partial charge in [0.15, 0.2) is 0 Å². The number of hydrogen-bond donors (Lipinski definition) is 2. The molecule has 0 saturated carbocycles. The molecule has 1 aromatic rings. The lowest BCUT2D eigenvalue weighted by atomic mass is 10.1. The molecule has 0 bridgehead atoms. The number of anilines is 1. The van der Waals surface area contributed by atoms with Crippen molar-refractivity contribution in [3.05, 3.63) is 26.6 Å². The molecule has 1 unspecified atom stereocenters. The molecule has 0 fully saturated rings. The van der Waals surface area contributed by atoms with Crippen LogP contribution in [0.2, 0.25) is 0 Å². The van der Waals surface area contributed by atoms with Crippen LogP contribution >= 0.6 is 31.9 Å². The second-order valence-corrected chi connectivity index (χ2v) is 6.02. The molecule has 7 heteroatoms. The summed E-state index contributed by atoms with van der Waals surface area (Å²) < 4.78 is 6.05. The third-order valence-corrected chi connectivity index (χ3v) is 3.75. The fraction of sp³-hybridized carbons (Fsp3) is 0.385. The predicted octanol–water partition coefficient (Wildman–Crippen LogP) is 2.79. The van der Waals surface area contributed by atoms with E-state index < -0.39 is 5.97 Å². The van der Waals surface area contributed by atoms with Crippen LogP contribution in [-0.4, -0.2) is 32.6 Å². The van der Waals surface area contributed by atoms with Gasteiger partial charge in [0.05, 0.1) is 18.4 Å². The number of benzene rings is 1. The molecular formula is C13H16Br2N2O3. The van der Waals surface area contributed by atoms with E-state index in [0.717, 1.165) is 0 Å². The molecule has 5 nitrogen and oxygen atoms in total. The highest BCUT2D eigenvalue weighted by atomic mass is 79.9. The topological polar surface area (TPSA) is 67.4 Å². The monoisotopic (exact) mass is 406 g/mol. The van der Waals surface area contributed by atoms with E-state index in [-0.39, 0.29) is 11.8 Å². The molecule has 0 aliphatic carbocycles. The maximum Gasteiger partial charge on any atom is 0.340 e. The Hall–Kier alpha value is -0.920. The number of carbonyl (C=O) groups is 2. The second-order valence-electron chi connectivity index (χ2n) is 4.25. The van der Waals surface area contributed by atoms with E-state index in [1.165, 1.54) is 7.11 Å². The van der Waals surface area contributed by atoms with Gasteiger partial charge in [0.1, 0.15) is 0 Å². The average molecular weight is 408 g/mol. The predicted molar refractivity (Wildman–Crippen MR) is 84.9 cm³/mol. The molecule has 2 N–H and O–H groups in total. The molecule has 1 aromatic carbocycles. The molecule has 1 rings (SSSR count). The molecule has 0 saturated heterocycles. The molecule has 0 spiro atoms. The van der Waals surface area contributed by atoms with Gasteiger partial charge < -0.3 is 15.4 Å². The summed E-state index contributed by atoms with van der Waals surface area (Å²) in [6, 6.07) is 3.36. The van der Waals surface area contributed by atoms with E-state index in [1.807, 2.05) is 0 Å². The van der Waals surface area contributed by atoms with Gasteiger partial charge in [-0.15, -0.1) is 0 Å². The van der Waals surface area contributed by atoms with E-state index in [4.69, 9.17) is 4.74 Å². The fourth-order valence-electron chi connectivity index (χ4n) is 1.62. The van der Waals surface area contributed by atoms with Crippen LogP contribution in [0.1, 0.15) is 17.3 Å². The number of nitrogens with one attached hydrogen (secondary N) is 2. The van der Waals surface area contributed by atoms with Gasteiger partial charge >= 0.3 is 5.97 Å². The largest absolute Gasteiger partial charge is 0.465 e. The van der Waals surface area contributed by atoms with Crippen LogP contribution in [-0.2, 0) is 9.53 Å². The lowest BCUT2D eigenvalue weighted by Gasteiger charge is -2.15. The third-order valence-electron chi connectivity index (χ3n) is 2.67. The maximum absolute atomic E-state index is 12.1. The minimum atomic E-state index is -0.511. The third kappa shape index (κ3) is 4.29. The van der Waals surface area contributed by atoms with E-state index in [0.29, 0.717) is 26.7 Å². The first-order valence-electron chi connectivity index (χ1n) is 5.93. The van der Waals surface area contributed by atoms with Crippen molar-refractivity contribution >= 4 is 49.4 Å². The van der Waals surface area contributed by atoms with Crippen LogP contribution in [0.25, 0.3) is 0 Å². The number of esters is 1. The molecule has 0 aromatic heterocycles. The zero-order chi connectivity index (χ0) is 15.3. The fourth-order valence-corrected chi connectivity index (χ4v) is 2.94. The zero-order valence-corrected chi connectivity index (χ0v) is 14.6. The number of hydrogen-bond acceptors (Lipinski definition) is 4. The van der Waals surface area contributed by atoms with Crippen molar-refractivity contribution in [1.82, 2.24) is 5.32 Å². The van der Waals surface area contributed by atoms with Gasteiger partial charge in [-0.2, -0.15) is 0 Å². The van der Waals surface area contributed by atoms with Crippen LogP contribution in [0.4, 0.5) is 5.69 Å². The summed E-state index contributed by atoms with van der Waals surface area (Å²) >= 11 is 6.65. The van der Waals surface area contributed by atoms with E-state index in [9.17, 15) is 9.59 Å². The van der Waals surface area contributed by atoms with Crippen LogP contribution in [0.15, 0.2) is 21.1 Å². The van der Waals surface area contributed by atoms with Gasteiger partial charge in [-0.25, -0.2) is 4.79 Å². The molecule has 0 radical (unpaired) electrons. The molecule has 0 aliphatic heterocycles. The Morgan fingerprint density at radius 2 is 2.00 bits per heavy atom. The van der Waals surface area contributed by atoms with Gasteiger partial charge in [-0.05, 0) is 35.1 Å². The number of methoxy groups -OCH3 is 1. The Kier molecular flexibility index (Phi) is 6.64. The summed E-state index contributed by atoms with van der Waals surface area (Å²) in [5.41, 5.74) is 0.701. The van der Waals surface area contributed by atoms with Crippen LogP contribution in [0.5, 0.6) is 0 Å². The van der Waals surface area contributed by atoms with Crippen molar-refractivity contribution < 1.29 is 14.3 Å². The molecule has 110 valence electrons. The Balaban J connectivity index is 3.10. The second kappa shape index (κ2) is 7.75. The number of carbonyl (C=O) groups excluding carboxylic acids is 2. The molecule has 20 heavy (non-hydrogen) atoms. The minimum absolute atomic E-state index is 0.174. The summed E-state index contributed by atoms with van der Waals surface area (Å²) in [4.78, 5) is 23.9. The highest BCUT2D eigenvalue weighted by Crippen LogP contribution is 2.31. The first-order valence-corrected chi connectivity index (χ1v) is 7.52. The van der Waals surface area contributed by atoms with Crippen molar-refractivity contribution in [1.29, 1.82) is 0 Å². The SMILES string of the molecule is CNCC(C)C(=O)Nc1c(Br)cc(Br)cc1C(=O)OC. The van der Waals surface area contributed by atoms with Crippen LogP contribution in [0, 0.1) is 5.92 Å². The number of amides is 1. The summed E-state index contributed by atoms with van der Waals surface area (Å²) in [5.74, 6) is -0.905. The Bertz CT molecular complexity index is 521. The molecular weight excluding hydrogens is 392 g/mol. The van der Waals surface area contributed by atoms with E-state index >= 15 is 0 Å². The molecule has 0 aliphatic rings. The van der Waals surface area contributed by atoms with Crippen LogP contribution in [0.3, 0.4) is 0 Å². The van der Waals surface area contributed by atoms with Crippen LogP contribution < -0.4 is 10.6 Å². The maximum atomic E-state index is 12.1. The van der Waals surface area contributed by atoms with E-state index in [1.54, 1.807) is 26.1 Å². The van der Waals surface area contributed by atoms with Crippen molar-refractivity contribution in [2.75, 3.05) is 26.0 Å². The smallest absolute Gasteiger partial charge is 0.340 e. The first-order chi connectivity index (χ1) is 9.40. The Labute approximate surface area is 134 Å². The normalized spacial score (nSPS) is 11.8. The summed E-state index contributed by atoms with van der Waals surface area (Å²) in [5, 5.41) is 5.69. The number of ether oxygens (including phenoxy) is 1. The van der Waals surface area contributed by atoms with Crippen molar-refractivity contribution in [3.8, 4) is 0 Å².